The first kappa shape index (κ1) is 15.7. The van der Waals surface area contributed by atoms with Crippen LogP contribution in [-0.2, 0) is 6.42 Å². The smallest absolute Gasteiger partial charge is 0.148 e. The maximum absolute atomic E-state index is 5.55. The van der Waals surface area contributed by atoms with Crippen molar-refractivity contribution >= 4 is 33.3 Å². The Labute approximate surface area is 133 Å². The number of anilines is 3. The Morgan fingerprint density at radius 1 is 1.19 bits per heavy atom. The Bertz CT molecular complexity index is 642. The van der Waals surface area contributed by atoms with Gasteiger partial charge in [0.05, 0.1) is 5.69 Å². The van der Waals surface area contributed by atoms with Crippen molar-refractivity contribution in [3.63, 3.8) is 0 Å². The van der Waals surface area contributed by atoms with Gasteiger partial charge in [0.2, 0.25) is 0 Å². The summed E-state index contributed by atoms with van der Waals surface area (Å²) in [6.07, 6.45) is 1.81. The summed E-state index contributed by atoms with van der Waals surface area (Å²) in [6.45, 7) is 6.10. The molecule has 0 unspecified atom stereocenters. The van der Waals surface area contributed by atoms with Gasteiger partial charge in [-0.1, -0.05) is 13.0 Å². The lowest BCUT2D eigenvalue weighted by molar-refractivity contribution is 0.833. The molecule has 4 N–H and O–H groups in total. The molecule has 1 heterocycles. The van der Waals surface area contributed by atoms with Gasteiger partial charge in [0, 0.05) is 16.5 Å². The molecule has 0 bridgehead atoms. The highest BCUT2D eigenvalue weighted by molar-refractivity contribution is 9.10. The molecule has 112 valence electrons. The molecule has 21 heavy (non-hydrogen) atoms. The summed E-state index contributed by atoms with van der Waals surface area (Å²) < 4.78 is 1.000. The normalized spacial score (nSPS) is 10.5. The number of halogens is 1. The minimum atomic E-state index is 0.652. The van der Waals surface area contributed by atoms with E-state index in [0.29, 0.717) is 5.82 Å². The number of hydrogen-bond acceptors (Lipinski definition) is 5. The number of nitrogens with two attached hydrogens (primary N) is 1. The predicted molar refractivity (Wildman–Crippen MR) is 90.7 cm³/mol. The fraction of sp³-hybridized carbons (Fsp3) is 0.333. The number of hydrogen-bond donors (Lipinski definition) is 3. The lowest BCUT2D eigenvalue weighted by Gasteiger charge is -2.14. The summed E-state index contributed by atoms with van der Waals surface area (Å²) in [7, 11) is 0. The summed E-state index contributed by atoms with van der Waals surface area (Å²) in [5.74, 6) is 7.75. The molecule has 0 saturated carbocycles. The largest absolute Gasteiger partial charge is 0.339 e. The Hall–Kier alpha value is -1.66. The van der Waals surface area contributed by atoms with Gasteiger partial charge in [-0.05, 0) is 53.9 Å². The second-order valence-corrected chi connectivity index (χ2v) is 5.82. The van der Waals surface area contributed by atoms with E-state index in [1.165, 1.54) is 5.56 Å². The number of hydrazine groups is 1. The Kier molecular flexibility index (Phi) is 5.14. The van der Waals surface area contributed by atoms with E-state index in [1.54, 1.807) is 0 Å². The highest BCUT2D eigenvalue weighted by Crippen LogP contribution is 2.29. The molecule has 1 aromatic carbocycles. The second-order valence-electron chi connectivity index (χ2n) is 4.96. The van der Waals surface area contributed by atoms with Gasteiger partial charge in [0.1, 0.15) is 17.5 Å². The zero-order valence-corrected chi connectivity index (χ0v) is 14.1. The molecule has 0 fully saturated rings. The molecule has 0 amide bonds. The van der Waals surface area contributed by atoms with Crippen LogP contribution in [0.3, 0.4) is 0 Å². The number of nitrogens with zero attached hydrogens (tertiary/aromatic N) is 2. The van der Waals surface area contributed by atoms with Crippen LogP contribution in [-0.4, -0.2) is 9.97 Å². The van der Waals surface area contributed by atoms with Crippen LogP contribution in [0.25, 0.3) is 0 Å². The summed E-state index contributed by atoms with van der Waals surface area (Å²) in [5.41, 5.74) is 5.70. The molecule has 5 nitrogen and oxygen atoms in total. The number of aromatic nitrogens is 2. The molecule has 1 aromatic heterocycles. The van der Waals surface area contributed by atoms with Crippen molar-refractivity contribution in [1.82, 2.24) is 9.97 Å². The molecule has 2 rings (SSSR count). The van der Waals surface area contributed by atoms with Gasteiger partial charge < -0.3 is 10.7 Å². The van der Waals surface area contributed by atoms with Crippen LogP contribution < -0.4 is 16.6 Å². The monoisotopic (exact) mass is 349 g/mol. The first-order valence-corrected chi connectivity index (χ1v) is 7.71. The molecule has 0 aliphatic heterocycles. The molecule has 0 aliphatic rings. The summed E-state index contributed by atoms with van der Waals surface area (Å²) in [6, 6.07) is 6.14. The third kappa shape index (κ3) is 3.71. The Morgan fingerprint density at radius 2 is 1.90 bits per heavy atom. The number of rotatable bonds is 5. The highest BCUT2D eigenvalue weighted by atomic mass is 79.9. The van der Waals surface area contributed by atoms with Crippen molar-refractivity contribution in [3.05, 3.63) is 39.6 Å². The van der Waals surface area contributed by atoms with Crippen LogP contribution in [0.2, 0.25) is 0 Å². The maximum atomic E-state index is 5.55. The third-order valence-electron chi connectivity index (χ3n) is 3.18. The first-order chi connectivity index (χ1) is 10.0. The summed E-state index contributed by atoms with van der Waals surface area (Å²) in [5, 5.41) is 3.35. The SMILES string of the molecule is CCCc1nc(NN)c(C)c(Nc2ccc(C)cc2Br)n1. The quantitative estimate of drug-likeness (QED) is 0.564. The fourth-order valence-electron chi connectivity index (χ4n) is 2.01. The van der Waals surface area contributed by atoms with Gasteiger partial charge in [-0.15, -0.1) is 0 Å². The minimum absolute atomic E-state index is 0.652. The van der Waals surface area contributed by atoms with Gasteiger partial charge in [-0.25, -0.2) is 15.8 Å². The van der Waals surface area contributed by atoms with Crippen molar-refractivity contribution in [2.75, 3.05) is 10.7 Å². The van der Waals surface area contributed by atoms with Crippen LogP contribution >= 0.6 is 15.9 Å². The van der Waals surface area contributed by atoms with Crippen molar-refractivity contribution in [2.24, 2.45) is 5.84 Å². The molecule has 0 saturated heterocycles. The van der Waals surface area contributed by atoms with Crippen LogP contribution in [0, 0.1) is 13.8 Å². The first-order valence-electron chi connectivity index (χ1n) is 6.92. The predicted octanol–water partition coefficient (Wildman–Crippen LogP) is 3.84. The second kappa shape index (κ2) is 6.87. The van der Waals surface area contributed by atoms with Gasteiger partial charge in [-0.2, -0.15) is 0 Å². The molecule has 0 atom stereocenters. The zero-order valence-electron chi connectivity index (χ0n) is 12.5. The molecule has 0 radical (unpaired) electrons. The highest BCUT2D eigenvalue weighted by Gasteiger charge is 2.11. The van der Waals surface area contributed by atoms with Crippen molar-refractivity contribution in [2.45, 2.75) is 33.6 Å². The average molecular weight is 350 g/mol. The average Bonchev–Trinajstić information content (AvgIpc) is 2.45. The third-order valence-corrected chi connectivity index (χ3v) is 3.84. The van der Waals surface area contributed by atoms with Gasteiger partial charge >= 0.3 is 0 Å². The van der Waals surface area contributed by atoms with Crippen LogP contribution in [0.4, 0.5) is 17.3 Å². The van der Waals surface area contributed by atoms with E-state index >= 15 is 0 Å². The van der Waals surface area contributed by atoms with E-state index in [4.69, 9.17) is 5.84 Å². The van der Waals surface area contributed by atoms with Gasteiger partial charge in [-0.3, -0.25) is 0 Å². The van der Waals surface area contributed by atoms with Crippen molar-refractivity contribution in [3.8, 4) is 0 Å². The van der Waals surface area contributed by atoms with Crippen LogP contribution in [0.15, 0.2) is 22.7 Å². The van der Waals surface area contributed by atoms with E-state index < -0.39 is 0 Å². The Morgan fingerprint density at radius 3 is 2.52 bits per heavy atom. The number of benzene rings is 1. The van der Waals surface area contributed by atoms with Crippen molar-refractivity contribution < 1.29 is 0 Å². The van der Waals surface area contributed by atoms with E-state index in [0.717, 1.165) is 40.2 Å². The minimum Gasteiger partial charge on any atom is -0.339 e. The van der Waals surface area contributed by atoms with Gasteiger partial charge in [0.15, 0.2) is 0 Å². The van der Waals surface area contributed by atoms with E-state index in [-0.39, 0.29) is 0 Å². The standard InChI is InChI=1S/C15H20BrN5/c1-4-5-13-19-14(10(3)15(20-13)21-17)18-12-7-6-9(2)8-11(12)16/h6-8H,4-5,17H2,1-3H3,(H2,18,19,20,21). The van der Waals surface area contributed by atoms with E-state index in [2.05, 4.69) is 62.6 Å². The fourth-order valence-corrected chi connectivity index (χ4v) is 2.60. The summed E-state index contributed by atoms with van der Waals surface area (Å²) >= 11 is 3.57. The van der Waals surface area contributed by atoms with Gasteiger partial charge in [0.25, 0.3) is 0 Å². The number of nitrogens with one attached hydrogen (secondary N) is 2. The topological polar surface area (TPSA) is 75.9 Å². The zero-order chi connectivity index (χ0) is 15.4. The molecule has 0 aliphatic carbocycles. The lowest BCUT2D eigenvalue weighted by atomic mass is 10.2. The number of aryl methyl sites for hydroxylation is 2. The Balaban J connectivity index is 2.40. The van der Waals surface area contributed by atoms with Crippen LogP contribution in [0.5, 0.6) is 0 Å². The molecule has 6 heteroatoms. The van der Waals surface area contributed by atoms with E-state index in [9.17, 15) is 0 Å². The molecular formula is C15H20BrN5. The molecular weight excluding hydrogens is 330 g/mol. The van der Waals surface area contributed by atoms with E-state index in [1.807, 2.05) is 13.0 Å². The lowest BCUT2D eigenvalue weighted by Crippen LogP contribution is -2.14. The summed E-state index contributed by atoms with van der Waals surface area (Å²) in [4.78, 5) is 9.01. The van der Waals surface area contributed by atoms with Crippen LogP contribution in [0.1, 0.15) is 30.3 Å². The maximum Gasteiger partial charge on any atom is 0.148 e. The number of nitrogen functional groups attached to an aromatic ring is 1. The van der Waals surface area contributed by atoms with Crippen molar-refractivity contribution in [1.29, 1.82) is 0 Å². The molecule has 2 aromatic rings. The molecule has 0 spiro atoms.